The average molecular weight is 470 g/mol. The molecule has 0 radical (unpaired) electrons. The first kappa shape index (κ1) is 21.4. The number of amides is 1. The number of rotatable bonds is 7. The minimum atomic E-state index is -3.72. The lowest BCUT2D eigenvalue weighted by Gasteiger charge is -2.05. The van der Waals surface area contributed by atoms with Crippen molar-refractivity contribution in [3.8, 4) is 0 Å². The third kappa shape index (κ3) is 5.43. The predicted octanol–water partition coefficient (Wildman–Crippen LogP) is 5.14. The molecule has 158 valence electrons. The van der Waals surface area contributed by atoms with Crippen LogP contribution in [0.4, 0.5) is 10.8 Å². The summed E-state index contributed by atoms with van der Waals surface area (Å²) in [5.41, 5.74) is 2.28. The Hall–Kier alpha value is -2.88. The molecule has 4 aromatic rings. The zero-order chi connectivity index (χ0) is 21.8. The maximum absolute atomic E-state index is 12.6. The van der Waals surface area contributed by atoms with Crippen molar-refractivity contribution in [1.82, 2.24) is 4.98 Å². The molecule has 0 saturated carbocycles. The second-order valence-electron chi connectivity index (χ2n) is 6.77. The van der Waals surface area contributed by atoms with E-state index in [0.717, 1.165) is 15.2 Å². The van der Waals surface area contributed by atoms with Crippen LogP contribution < -0.4 is 10.0 Å². The number of nitrogens with one attached hydrogen (secondary N) is 2. The summed E-state index contributed by atoms with van der Waals surface area (Å²) in [5, 5.41) is 3.15. The number of nitrogens with zero attached hydrogens (tertiary/aromatic N) is 1. The van der Waals surface area contributed by atoms with Crippen molar-refractivity contribution < 1.29 is 13.2 Å². The lowest BCUT2D eigenvalue weighted by atomic mass is 10.2. The Labute approximate surface area is 188 Å². The number of benzene rings is 3. The van der Waals surface area contributed by atoms with Gasteiger partial charge in [0.25, 0.3) is 10.0 Å². The molecule has 0 unspecified atom stereocenters. The second-order valence-corrected chi connectivity index (χ2v) is 10.5. The molecule has 0 bridgehead atoms. The van der Waals surface area contributed by atoms with Gasteiger partial charge in [0.05, 0.1) is 20.9 Å². The van der Waals surface area contributed by atoms with Crippen LogP contribution in [0.25, 0.3) is 10.2 Å². The van der Waals surface area contributed by atoms with E-state index in [4.69, 9.17) is 0 Å². The number of thioether (sulfide) groups is 1. The molecule has 1 heterocycles. The van der Waals surface area contributed by atoms with Crippen molar-refractivity contribution in [3.05, 3.63) is 78.4 Å². The molecule has 4 rings (SSSR count). The van der Waals surface area contributed by atoms with Gasteiger partial charge in [-0.25, -0.2) is 13.4 Å². The van der Waals surface area contributed by atoms with E-state index in [9.17, 15) is 13.2 Å². The third-order valence-corrected chi connectivity index (χ3v) is 7.77. The van der Waals surface area contributed by atoms with E-state index in [0.29, 0.717) is 17.0 Å². The van der Waals surface area contributed by atoms with Gasteiger partial charge < -0.3 is 5.32 Å². The molecule has 0 aliphatic heterocycles. The van der Waals surface area contributed by atoms with Crippen molar-refractivity contribution in [2.75, 3.05) is 15.8 Å². The number of hydrogen-bond donors (Lipinski definition) is 2. The molecule has 0 spiro atoms. The van der Waals surface area contributed by atoms with Gasteiger partial charge in [0.1, 0.15) is 0 Å². The molecule has 2 N–H and O–H groups in total. The van der Waals surface area contributed by atoms with Crippen LogP contribution in [-0.4, -0.2) is 25.1 Å². The Bertz CT molecular complexity index is 1320. The number of sulfonamides is 1. The van der Waals surface area contributed by atoms with Gasteiger partial charge >= 0.3 is 0 Å². The minimum absolute atomic E-state index is 0.113. The average Bonchev–Trinajstić information content (AvgIpc) is 3.14. The zero-order valence-corrected chi connectivity index (χ0v) is 19.0. The first-order valence-electron chi connectivity index (χ1n) is 9.37. The fourth-order valence-corrected chi connectivity index (χ4v) is 5.66. The molecule has 9 heteroatoms. The molecule has 0 aliphatic rings. The summed E-state index contributed by atoms with van der Waals surface area (Å²) in [6.07, 6.45) is 0. The first-order valence-corrected chi connectivity index (χ1v) is 12.7. The molecular formula is C22H19N3O3S3. The monoisotopic (exact) mass is 469 g/mol. The molecule has 1 amide bonds. The van der Waals surface area contributed by atoms with Crippen LogP contribution in [0.2, 0.25) is 0 Å². The van der Waals surface area contributed by atoms with Gasteiger partial charge in [0.2, 0.25) is 5.91 Å². The standard InChI is InChI=1S/C22H19N3O3S3/c1-15-7-10-18(11-8-15)31(27,28)25-22-24-19-12-9-16(13-20(19)30-22)23-21(26)14-29-17-5-3-2-4-6-17/h2-13H,14H2,1H3,(H,23,26)(H,24,25). The number of thiazole rings is 1. The molecule has 1 aromatic heterocycles. The fourth-order valence-electron chi connectivity index (χ4n) is 2.80. The largest absolute Gasteiger partial charge is 0.325 e. The summed E-state index contributed by atoms with van der Waals surface area (Å²) in [6, 6.07) is 21.6. The first-order chi connectivity index (χ1) is 14.9. The van der Waals surface area contributed by atoms with Gasteiger partial charge in [0, 0.05) is 10.6 Å². The van der Waals surface area contributed by atoms with Crippen LogP contribution >= 0.6 is 23.1 Å². The van der Waals surface area contributed by atoms with Gasteiger partial charge in [-0.05, 0) is 49.4 Å². The topological polar surface area (TPSA) is 88.2 Å². The lowest BCUT2D eigenvalue weighted by molar-refractivity contribution is -0.113. The van der Waals surface area contributed by atoms with Crippen LogP contribution in [0.15, 0.2) is 82.6 Å². The van der Waals surface area contributed by atoms with Crippen LogP contribution in [0.5, 0.6) is 0 Å². The summed E-state index contributed by atoms with van der Waals surface area (Å²) in [7, 11) is -3.72. The van der Waals surface area contributed by atoms with Crippen molar-refractivity contribution in [2.45, 2.75) is 16.7 Å². The number of anilines is 2. The summed E-state index contributed by atoms with van der Waals surface area (Å²) in [6.45, 7) is 1.90. The Morgan fingerprint density at radius 1 is 1.03 bits per heavy atom. The van der Waals surface area contributed by atoms with Crippen molar-refractivity contribution in [3.63, 3.8) is 0 Å². The fraction of sp³-hybridized carbons (Fsp3) is 0.0909. The summed E-state index contributed by atoms with van der Waals surface area (Å²) < 4.78 is 28.5. The zero-order valence-electron chi connectivity index (χ0n) is 16.5. The van der Waals surface area contributed by atoms with Gasteiger partial charge in [-0.1, -0.05) is 47.2 Å². The smallest absolute Gasteiger partial charge is 0.263 e. The highest BCUT2D eigenvalue weighted by molar-refractivity contribution is 8.00. The van der Waals surface area contributed by atoms with E-state index in [1.165, 1.54) is 23.1 Å². The van der Waals surface area contributed by atoms with Gasteiger partial charge in [-0.2, -0.15) is 0 Å². The van der Waals surface area contributed by atoms with Gasteiger partial charge in [0.15, 0.2) is 5.13 Å². The summed E-state index contributed by atoms with van der Waals surface area (Å²) >= 11 is 2.68. The van der Waals surface area contributed by atoms with Crippen LogP contribution in [0.3, 0.4) is 0 Å². The quantitative estimate of drug-likeness (QED) is 0.366. The normalized spacial score (nSPS) is 11.4. The third-order valence-electron chi connectivity index (χ3n) is 4.34. The van der Waals surface area contributed by atoms with E-state index >= 15 is 0 Å². The maximum atomic E-state index is 12.6. The Morgan fingerprint density at radius 2 is 1.77 bits per heavy atom. The van der Waals surface area contributed by atoms with Crippen LogP contribution in [0.1, 0.15) is 5.56 Å². The molecule has 0 fully saturated rings. The molecule has 3 aromatic carbocycles. The maximum Gasteiger partial charge on any atom is 0.263 e. The van der Waals surface area contributed by atoms with Crippen LogP contribution in [0, 0.1) is 6.92 Å². The van der Waals surface area contributed by atoms with Crippen molar-refractivity contribution in [1.29, 1.82) is 0 Å². The van der Waals surface area contributed by atoms with Gasteiger partial charge in [-0.3, -0.25) is 9.52 Å². The van der Waals surface area contributed by atoms with E-state index in [2.05, 4.69) is 15.0 Å². The van der Waals surface area contributed by atoms with E-state index in [1.807, 2.05) is 37.3 Å². The van der Waals surface area contributed by atoms with E-state index in [-0.39, 0.29) is 15.9 Å². The second kappa shape index (κ2) is 9.09. The number of aryl methyl sites for hydroxylation is 1. The number of carbonyl (C=O) groups excluding carboxylic acids is 1. The molecule has 31 heavy (non-hydrogen) atoms. The number of carbonyl (C=O) groups is 1. The number of aromatic nitrogens is 1. The number of hydrogen-bond acceptors (Lipinski definition) is 6. The van der Waals surface area contributed by atoms with Crippen LogP contribution in [-0.2, 0) is 14.8 Å². The Balaban J connectivity index is 1.44. The summed E-state index contributed by atoms with van der Waals surface area (Å²) in [5.74, 6) is 0.185. The highest BCUT2D eigenvalue weighted by Crippen LogP contribution is 2.30. The highest BCUT2D eigenvalue weighted by atomic mass is 32.2. The molecule has 0 atom stereocenters. The lowest BCUT2D eigenvalue weighted by Crippen LogP contribution is -2.13. The van der Waals surface area contributed by atoms with Gasteiger partial charge in [-0.15, -0.1) is 11.8 Å². The van der Waals surface area contributed by atoms with E-state index < -0.39 is 10.0 Å². The molecule has 6 nitrogen and oxygen atoms in total. The predicted molar refractivity (Wildman–Crippen MR) is 127 cm³/mol. The summed E-state index contributed by atoms with van der Waals surface area (Å²) in [4.78, 5) is 17.8. The Kier molecular flexibility index (Phi) is 6.26. The Morgan fingerprint density at radius 3 is 2.52 bits per heavy atom. The molecule has 0 aliphatic carbocycles. The minimum Gasteiger partial charge on any atom is -0.325 e. The molecule has 0 saturated heterocycles. The van der Waals surface area contributed by atoms with Crippen molar-refractivity contribution in [2.24, 2.45) is 0 Å². The molecular weight excluding hydrogens is 450 g/mol. The highest BCUT2D eigenvalue weighted by Gasteiger charge is 2.16. The SMILES string of the molecule is Cc1ccc(S(=O)(=O)Nc2nc3ccc(NC(=O)CSc4ccccc4)cc3s2)cc1. The van der Waals surface area contributed by atoms with Crippen molar-refractivity contribution >= 4 is 60.1 Å². The number of fused-ring (bicyclic) bond motifs is 1. The van der Waals surface area contributed by atoms with E-state index in [1.54, 1.807) is 42.5 Å².